The quantitative estimate of drug-likeness (QED) is 0.593. The molecular formula is C21H30ClN3O2S. The van der Waals surface area contributed by atoms with Gasteiger partial charge < -0.3 is 15.5 Å². The van der Waals surface area contributed by atoms with Crippen molar-refractivity contribution in [3.63, 3.8) is 0 Å². The highest BCUT2D eigenvalue weighted by Gasteiger charge is 2.32. The number of alkyl halides is 1. The predicted molar refractivity (Wildman–Crippen MR) is 120 cm³/mol. The average molecular weight is 424 g/mol. The van der Waals surface area contributed by atoms with Crippen LogP contribution in [0.1, 0.15) is 47.5 Å². The number of hydrogen-bond donors (Lipinski definition) is 2. The summed E-state index contributed by atoms with van der Waals surface area (Å²) in [6.07, 6.45) is 3.53. The lowest BCUT2D eigenvalue weighted by Gasteiger charge is -2.30. The third-order valence-electron chi connectivity index (χ3n) is 4.88. The number of rotatable bonds is 8. The van der Waals surface area contributed by atoms with E-state index in [1.165, 1.54) is 11.8 Å². The highest BCUT2D eigenvalue weighted by atomic mass is 35.5. The SMILES string of the molecule is CCC(C)N(CC)c1ccc(NC(=O)C(C)(C)NC(=O)C2=CCC(Cl)S2)cc1. The van der Waals surface area contributed by atoms with Gasteiger partial charge in [-0.05, 0) is 64.8 Å². The zero-order chi connectivity index (χ0) is 20.9. The number of nitrogens with zero attached hydrogens (tertiary/aromatic N) is 1. The fourth-order valence-corrected chi connectivity index (χ4v) is 4.17. The standard InChI is InChI=1S/C21H30ClN3O2S/c1-6-14(3)25(7-2)16-10-8-15(9-11-16)23-20(27)21(4,5)24-19(26)17-12-13-18(22)28-17/h8-12,14,18H,6-7,13H2,1-5H3,(H,23,27)(H,24,26). The molecule has 28 heavy (non-hydrogen) atoms. The second-order valence-electron chi connectivity index (χ2n) is 7.46. The van der Waals surface area contributed by atoms with E-state index in [1.54, 1.807) is 19.9 Å². The number of carbonyl (C=O) groups excluding carboxylic acids is 2. The molecule has 0 saturated carbocycles. The molecule has 2 amide bonds. The van der Waals surface area contributed by atoms with E-state index in [0.29, 0.717) is 23.1 Å². The van der Waals surface area contributed by atoms with Crippen LogP contribution in [0.2, 0.25) is 0 Å². The van der Waals surface area contributed by atoms with E-state index in [0.717, 1.165) is 18.7 Å². The number of amides is 2. The average Bonchev–Trinajstić information content (AvgIpc) is 3.09. The lowest BCUT2D eigenvalue weighted by Crippen LogP contribution is -2.52. The molecule has 2 N–H and O–H groups in total. The second kappa shape index (κ2) is 9.70. The van der Waals surface area contributed by atoms with E-state index in [1.807, 2.05) is 24.3 Å². The zero-order valence-corrected chi connectivity index (χ0v) is 18.8. The first-order valence-corrected chi connectivity index (χ1v) is 11.0. The molecule has 1 aliphatic heterocycles. The van der Waals surface area contributed by atoms with Crippen molar-refractivity contribution in [1.29, 1.82) is 0 Å². The summed E-state index contributed by atoms with van der Waals surface area (Å²) < 4.78 is -0.116. The molecule has 0 bridgehead atoms. The van der Waals surface area contributed by atoms with Crippen molar-refractivity contribution in [2.24, 2.45) is 0 Å². The van der Waals surface area contributed by atoms with Crippen LogP contribution < -0.4 is 15.5 Å². The van der Waals surface area contributed by atoms with Crippen LogP contribution in [0.15, 0.2) is 35.2 Å². The van der Waals surface area contributed by atoms with Gasteiger partial charge in [-0.15, -0.1) is 23.4 Å². The number of hydrogen-bond acceptors (Lipinski definition) is 4. The molecule has 1 aromatic carbocycles. The maximum absolute atomic E-state index is 12.7. The molecule has 1 aromatic rings. The molecule has 0 aromatic heterocycles. The maximum atomic E-state index is 12.7. The Morgan fingerprint density at radius 1 is 1.29 bits per heavy atom. The molecule has 0 saturated heterocycles. The minimum Gasteiger partial charge on any atom is -0.369 e. The van der Waals surface area contributed by atoms with Crippen molar-refractivity contribution >= 4 is 46.6 Å². The number of halogens is 1. The fraction of sp³-hybridized carbons (Fsp3) is 0.524. The zero-order valence-electron chi connectivity index (χ0n) is 17.2. The molecular weight excluding hydrogens is 394 g/mol. The molecule has 5 nitrogen and oxygen atoms in total. The third-order valence-corrected chi connectivity index (χ3v) is 6.38. The Labute approximate surface area is 177 Å². The summed E-state index contributed by atoms with van der Waals surface area (Å²) >= 11 is 7.33. The van der Waals surface area contributed by atoms with Crippen LogP contribution in [0.5, 0.6) is 0 Å². The summed E-state index contributed by atoms with van der Waals surface area (Å²) in [7, 11) is 0. The Bertz CT molecular complexity index is 734. The van der Waals surface area contributed by atoms with Gasteiger partial charge in [0.15, 0.2) is 0 Å². The molecule has 154 valence electrons. The number of nitrogens with one attached hydrogen (secondary N) is 2. The summed E-state index contributed by atoms with van der Waals surface area (Å²) in [6, 6.07) is 8.26. The number of benzene rings is 1. The van der Waals surface area contributed by atoms with Crippen LogP contribution in [0.4, 0.5) is 11.4 Å². The van der Waals surface area contributed by atoms with Gasteiger partial charge >= 0.3 is 0 Å². The van der Waals surface area contributed by atoms with E-state index >= 15 is 0 Å². The molecule has 0 aliphatic carbocycles. The van der Waals surface area contributed by atoms with Crippen molar-refractivity contribution in [1.82, 2.24) is 5.32 Å². The van der Waals surface area contributed by atoms with Crippen LogP contribution in [0, 0.1) is 0 Å². The smallest absolute Gasteiger partial charge is 0.258 e. The topological polar surface area (TPSA) is 61.4 Å². The van der Waals surface area contributed by atoms with E-state index < -0.39 is 5.54 Å². The van der Waals surface area contributed by atoms with Gasteiger partial charge in [0.2, 0.25) is 5.91 Å². The van der Waals surface area contributed by atoms with Crippen LogP contribution in [0.3, 0.4) is 0 Å². The second-order valence-corrected chi connectivity index (χ2v) is 9.49. The van der Waals surface area contributed by atoms with Crippen molar-refractivity contribution in [2.45, 2.75) is 63.8 Å². The molecule has 0 radical (unpaired) electrons. The Morgan fingerprint density at radius 3 is 2.43 bits per heavy atom. The van der Waals surface area contributed by atoms with E-state index in [2.05, 4.69) is 36.3 Å². The van der Waals surface area contributed by atoms with Crippen LogP contribution in [-0.2, 0) is 9.59 Å². The maximum Gasteiger partial charge on any atom is 0.258 e. The largest absolute Gasteiger partial charge is 0.369 e. The predicted octanol–water partition coefficient (Wildman–Crippen LogP) is 4.73. The van der Waals surface area contributed by atoms with Gasteiger partial charge in [-0.1, -0.05) is 13.0 Å². The highest BCUT2D eigenvalue weighted by molar-refractivity contribution is 8.05. The van der Waals surface area contributed by atoms with Gasteiger partial charge in [0.25, 0.3) is 5.91 Å². The molecule has 0 fully saturated rings. The normalized spacial score (nSPS) is 17.6. The first kappa shape index (κ1) is 22.6. The minimum absolute atomic E-state index is 0.116. The molecule has 2 rings (SSSR count). The summed E-state index contributed by atoms with van der Waals surface area (Å²) in [5.41, 5.74) is 0.781. The molecule has 0 spiro atoms. The van der Waals surface area contributed by atoms with Crippen LogP contribution in [0.25, 0.3) is 0 Å². The molecule has 7 heteroatoms. The molecule has 1 heterocycles. The van der Waals surface area contributed by atoms with Crippen molar-refractivity contribution in [2.75, 3.05) is 16.8 Å². The summed E-state index contributed by atoms with van der Waals surface area (Å²) in [4.78, 5) is 27.9. The Morgan fingerprint density at radius 2 is 1.93 bits per heavy atom. The molecule has 2 atom stereocenters. The van der Waals surface area contributed by atoms with Crippen molar-refractivity contribution < 1.29 is 9.59 Å². The van der Waals surface area contributed by atoms with Crippen molar-refractivity contribution in [3.8, 4) is 0 Å². The van der Waals surface area contributed by atoms with E-state index in [9.17, 15) is 9.59 Å². The van der Waals surface area contributed by atoms with Gasteiger partial charge in [-0.3, -0.25) is 9.59 Å². The number of allylic oxidation sites excluding steroid dienone is 1. The fourth-order valence-electron chi connectivity index (χ4n) is 2.97. The Hall–Kier alpha value is -1.66. The molecule has 2 unspecified atom stereocenters. The Balaban J connectivity index is 2.00. The summed E-state index contributed by atoms with van der Waals surface area (Å²) in [6.45, 7) is 10.8. The van der Waals surface area contributed by atoms with Gasteiger partial charge in [0.05, 0.1) is 9.61 Å². The monoisotopic (exact) mass is 423 g/mol. The molecule has 1 aliphatic rings. The van der Waals surface area contributed by atoms with E-state index in [4.69, 9.17) is 11.6 Å². The van der Waals surface area contributed by atoms with Crippen LogP contribution in [-0.4, -0.2) is 34.6 Å². The first-order valence-electron chi connectivity index (χ1n) is 9.69. The van der Waals surface area contributed by atoms with Gasteiger partial charge in [-0.25, -0.2) is 0 Å². The van der Waals surface area contributed by atoms with Crippen molar-refractivity contribution in [3.05, 3.63) is 35.2 Å². The Kier molecular flexibility index (Phi) is 7.84. The van der Waals surface area contributed by atoms with Gasteiger partial charge in [0, 0.05) is 24.0 Å². The highest BCUT2D eigenvalue weighted by Crippen LogP contribution is 2.35. The lowest BCUT2D eigenvalue weighted by molar-refractivity contribution is -0.127. The number of thioether (sulfide) groups is 1. The lowest BCUT2D eigenvalue weighted by atomic mass is 10.0. The summed E-state index contributed by atoms with van der Waals surface area (Å²) in [5.74, 6) is -0.537. The van der Waals surface area contributed by atoms with E-state index in [-0.39, 0.29) is 16.5 Å². The van der Waals surface area contributed by atoms with Gasteiger partial charge in [-0.2, -0.15) is 0 Å². The third kappa shape index (κ3) is 5.67. The van der Waals surface area contributed by atoms with Crippen LogP contribution >= 0.6 is 23.4 Å². The summed E-state index contributed by atoms with van der Waals surface area (Å²) in [5, 5.41) is 5.68. The first-order chi connectivity index (χ1) is 13.2. The number of anilines is 2. The number of carbonyl (C=O) groups is 2. The van der Waals surface area contributed by atoms with Gasteiger partial charge in [0.1, 0.15) is 5.54 Å². The minimum atomic E-state index is -1.05.